The van der Waals surface area contributed by atoms with Gasteiger partial charge in [0.1, 0.15) is 5.83 Å². The number of allylic oxidation sites excluding steroid dienone is 5. The lowest BCUT2D eigenvalue weighted by Crippen LogP contribution is -2.12. The quantitative estimate of drug-likeness (QED) is 0.257. The standard InChI is InChI=1S/C24H30F2O.C8H18/c1-3-16(2)4-5-17-6-8-18(9-7-17)19-10-12-20(13-11-19)21-14-22(25)24(27)23(26)15-21;1-3-5-7-8-6-4-2/h4-5,10-14,16-18,21,27H,3,6-9,15H2,1-2H3;3-8H2,1-2H3/b5-4+;. The molecule has 2 aliphatic carbocycles. The molecule has 2 atom stereocenters. The Labute approximate surface area is 213 Å². The van der Waals surface area contributed by atoms with Crippen molar-refractivity contribution in [2.75, 3.05) is 0 Å². The summed E-state index contributed by atoms with van der Waals surface area (Å²) in [5, 5.41) is 9.29. The van der Waals surface area contributed by atoms with Crippen LogP contribution < -0.4 is 0 Å². The number of rotatable bonds is 10. The Morgan fingerprint density at radius 1 is 0.886 bits per heavy atom. The van der Waals surface area contributed by atoms with Crippen LogP contribution in [0.4, 0.5) is 8.78 Å². The highest BCUT2D eigenvalue weighted by Gasteiger charge is 2.25. The minimum Gasteiger partial charge on any atom is -0.503 e. The molecule has 2 unspecified atom stereocenters. The highest BCUT2D eigenvalue weighted by Crippen LogP contribution is 2.39. The largest absolute Gasteiger partial charge is 0.503 e. The molecule has 1 fully saturated rings. The second kappa shape index (κ2) is 16.0. The fourth-order valence-electron chi connectivity index (χ4n) is 4.94. The molecule has 0 amide bonds. The number of hydrogen-bond acceptors (Lipinski definition) is 1. The van der Waals surface area contributed by atoms with Crippen molar-refractivity contribution in [2.45, 2.75) is 117 Å². The Bertz CT molecular complexity index is 806. The summed E-state index contributed by atoms with van der Waals surface area (Å²) in [6.07, 6.45) is 20.6. The molecule has 0 spiro atoms. The fraction of sp³-hybridized carbons (Fsp3) is 0.625. The summed E-state index contributed by atoms with van der Waals surface area (Å²) >= 11 is 0. The lowest BCUT2D eigenvalue weighted by atomic mass is 9.78. The van der Waals surface area contributed by atoms with Crippen molar-refractivity contribution in [1.82, 2.24) is 0 Å². The van der Waals surface area contributed by atoms with Crippen LogP contribution in [0.5, 0.6) is 0 Å². The summed E-state index contributed by atoms with van der Waals surface area (Å²) in [7, 11) is 0. The fourth-order valence-corrected chi connectivity index (χ4v) is 4.94. The molecule has 3 rings (SSSR count). The highest BCUT2D eigenvalue weighted by molar-refractivity contribution is 5.37. The van der Waals surface area contributed by atoms with E-state index >= 15 is 0 Å². The van der Waals surface area contributed by atoms with Crippen LogP contribution in [0.1, 0.15) is 128 Å². The molecule has 1 saturated carbocycles. The van der Waals surface area contributed by atoms with Crippen molar-refractivity contribution >= 4 is 0 Å². The highest BCUT2D eigenvalue weighted by atomic mass is 19.1. The van der Waals surface area contributed by atoms with Crippen molar-refractivity contribution in [2.24, 2.45) is 11.8 Å². The Kier molecular flexibility index (Phi) is 13.4. The zero-order chi connectivity index (χ0) is 25.6. The average Bonchev–Trinajstić information content (AvgIpc) is 2.89. The van der Waals surface area contributed by atoms with E-state index in [1.54, 1.807) is 0 Å². The maximum Gasteiger partial charge on any atom is 0.183 e. The minimum absolute atomic E-state index is 0.0201. The number of halogens is 2. The normalized spacial score (nSPS) is 23.6. The van der Waals surface area contributed by atoms with E-state index in [1.165, 1.54) is 82.3 Å². The first-order chi connectivity index (χ1) is 16.9. The van der Waals surface area contributed by atoms with Gasteiger partial charge in [-0.15, -0.1) is 0 Å². The topological polar surface area (TPSA) is 20.2 Å². The van der Waals surface area contributed by atoms with Gasteiger partial charge in [-0.25, -0.2) is 8.78 Å². The van der Waals surface area contributed by atoms with Crippen LogP contribution in [0, 0.1) is 11.8 Å². The Hall–Kier alpha value is -1.90. The Balaban J connectivity index is 0.000000466. The molecule has 3 heteroatoms. The van der Waals surface area contributed by atoms with E-state index in [-0.39, 0.29) is 12.3 Å². The van der Waals surface area contributed by atoms with Crippen LogP contribution in [0.3, 0.4) is 0 Å². The van der Waals surface area contributed by atoms with Gasteiger partial charge in [-0.2, -0.15) is 0 Å². The van der Waals surface area contributed by atoms with E-state index in [0.29, 0.717) is 17.8 Å². The summed E-state index contributed by atoms with van der Waals surface area (Å²) in [6, 6.07) is 8.18. The van der Waals surface area contributed by atoms with E-state index in [4.69, 9.17) is 0 Å². The Morgan fingerprint density at radius 3 is 1.97 bits per heavy atom. The molecule has 0 bridgehead atoms. The summed E-state index contributed by atoms with van der Waals surface area (Å²) in [5.74, 6) is -0.891. The number of unbranched alkanes of at least 4 members (excludes halogenated alkanes) is 5. The molecular formula is C32H48F2O. The maximum absolute atomic E-state index is 13.6. The van der Waals surface area contributed by atoms with Crippen molar-refractivity contribution in [1.29, 1.82) is 0 Å². The molecule has 1 nitrogen and oxygen atoms in total. The second-order valence-corrected chi connectivity index (χ2v) is 10.5. The van der Waals surface area contributed by atoms with Gasteiger partial charge in [0.25, 0.3) is 0 Å². The molecule has 1 aromatic rings. The number of aliphatic hydroxyl groups is 1. The van der Waals surface area contributed by atoms with E-state index in [2.05, 4.69) is 52.0 Å². The average molecular weight is 487 g/mol. The first-order valence-corrected chi connectivity index (χ1v) is 14.1. The van der Waals surface area contributed by atoms with Gasteiger partial charge in [0.2, 0.25) is 0 Å². The van der Waals surface area contributed by atoms with Crippen LogP contribution in [0.2, 0.25) is 0 Å². The van der Waals surface area contributed by atoms with Crippen LogP contribution in [-0.2, 0) is 0 Å². The van der Waals surface area contributed by atoms with Crippen molar-refractivity contribution in [3.05, 3.63) is 71.0 Å². The van der Waals surface area contributed by atoms with Gasteiger partial charge >= 0.3 is 0 Å². The van der Waals surface area contributed by atoms with E-state index in [1.807, 2.05) is 12.1 Å². The monoisotopic (exact) mass is 486 g/mol. The minimum atomic E-state index is -0.864. The molecule has 196 valence electrons. The lowest BCUT2D eigenvalue weighted by Gasteiger charge is -2.27. The maximum atomic E-state index is 13.6. The SMILES string of the molecule is CCC(C)/C=C/C1CCC(c2ccc(C3C=C(F)C(O)=C(F)C3)cc2)CC1.CCCCCCCC. The number of aliphatic hydroxyl groups excluding tert-OH is 1. The van der Waals surface area contributed by atoms with Crippen LogP contribution in [-0.4, -0.2) is 5.11 Å². The molecule has 0 aliphatic heterocycles. The van der Waals surface area contributed by atoms with Gasteiger partial charge in [0.05, 0.1) is 0 Å². The molecule has 35 heavy (non-hydrogen) atoms. The van der Waals surface area contributed by atoms with Gasteiger partial charge in [0, 0.05) is 12.3 Å². The van der Waals surface area contributed by atoms with Crippen LogP contribution in [0.25, 0.3) is 0 Å². The molecule has 0 saturated heterocycles. The third kappa shape index (κ3) is 9.94. The van der Waals surface area contributed by atoms with E-state index in [0.717, 1.165) is 5.56 Å². The number of benzene rings is 1. The van der Waals surface area contributed by atoms with E-state index in [9.17, 15) is 13.9 Å². The van der Waals surface area contributed by atoms with Crippen molar-refractivity contribution in [3.8, 4) is 0 Å². The first-order valence-electron chi connectivity index (χ1n) is 14.1. The molecule has 0 heterocycles. The van der Waals surface area contributed by atoms with Crippen LogP contribution in [0.15, 0.2) is 59.9 Å². The molecule has 0 radical (unpaired) electrons. The van der Waals surface area contributed by atoms with Crippen LogP contribution >= 0.6 is 0 Å². The summed E-state index contributed by atoms with van der Waals surface area (Å²) in [5.41, 5.74) is 2.21. The summed E-state index contributed by atoms with van der Waals surface area (Å²) in [6.45, 7) is 9.00. The summed E-state index contributed by atoms with van der Waals surface area (Å²) in [4.78, 5) is 0. The first kappa shape index (κ1) is 29.3. The van der Waals surface area contributed by atoms with E-state index < -0.39 is 17.4 Å². The molecule has 0 aromatic heterocycles. The van der Waals surface area contributed by atoms with Gasteiger partial charge in [-0.3, -0.25) is 0 Å². The summed E-state index contributed by atoms with van der Waals surface area (Å²) < 4.78 is 27.3. The molecule has 1 N–H and O–H groups in total. The predicted molar refractivity (Wildman–Crippen MR) is 146 cm³/mol. The van der Waals surface area contributed by atoms with Gasteiger partial charge in [-0.05, 0) is 60.6 Å². The smallest absolute Gasteiger partial charge is 0.183 e. The lowest BCUT2D eigenvalue weighted by molar-refractivity contribution is 0.343. The zero-order valence-electron chi connectivity index (χ0n) is 22.5. The molecular weight excluding hydrogens is 438 g/mol. The third-order valence-electron chi connectivity index (χ3n) is 7.65. The zero-order valence-corrected chi connectivity index (χ0v) is 22.5. The third-order valence-corrected chi connectivity index (χ3v) is 7.65. The predicted octanol–water partition coefficient (Wildman–Crippen LogP) is 11.0. The number of hydrogen-bond donors (Lipinski definition) is 1. The van der Waals surface area contributed by atoms with Crippen molar-refractivity contribution in [3.63, 3.8) is 0 Å². The molecule has 1 aromatic carbocycles. The van der Waals surface area contributed by atoms with Gasteiger partial charge in [0.15, 0.2) is 11.6 Å². The van der Waals surface area contributed by atoms with Gasteiger partial charge < -0.3 is 5.11 Å². The van der Waals surface area contributed by atoms with Crippen molar-refractivity contribution < 1.29 is 13.9 Å². The molecule has 2 aliphatic rings. The second-order valence-electron chi connectivity index (χ2n) is 10.5. The Morgan fingerprint density at radius 2 is 1.46 bits per heavy atom. The van der Waals surface area contributed by atoms with Gasteiger partial charge in [-0.1, -0.05) is 109 Å².